The fourth-order valence-electron chi connectivity index (χ4n) is 1.98. The number of hydrogen-bond donors (Lipinski definition) is 0. The van der Waals surface area contributed by atoms with Crippen LogP contribution in [0.15, 0.2) is 24.3 Å². The van der Waals surface area contributed by atoms with E-state index in [9.17, 15) is 4.79 Å². The SMILES string of the molecule is CCCC(C)C(=O)c1ccc(C(C)(C)C)cc1. The van der Waals surface area contributed by atoms with Gasteiger partial charge in [-0.1, -0.05) is 65.3 Å². The summed E-state index contributed by atoms with van der Waals surface area (Å²) in [6.45, 7) is 10.7. The molecule has 0 fully saturated rings. The van der Waals surface area contributed by atoms with Crippen molar-refractivity contribution in [3.05, 3.63) is 35.4 Å². The van der Waals surface area contributed by atoms with E-state index in [1.165, 1.54) is 5.56 Å². The first-order valence-corrected chi connectivity index (χ1v) is 6.51. The van der Waals surface area contributed by atoms with E-state index in [0.717, 1.165) is 18.4 Å². The molecule has 0 aromatic heterocycles. The first-order valence-electron chi connectivity index (χ1n) is 6.51. The Hall–Kier alpha value is -1.11. The summed E-state index contributed by atoms with van der Waals surface area (Å²) in [5.74, 6) is 0.410. The van der Waals surface area contributed by atoms with Gasteiger partial charge in [-0.15, -0.1) is 0 Å². The monoisotopic (exact) mass is 232 g/mol. The number of Topliss-reactive ketones (excluding diaryl/α,β-unsaturated/α-hetero) is 1. The van der Waals surface area contributed by atoms with Gasteiger partial charge in [0.05, 0.1) is 0 Å². The molecular weight excluding hydrogens is 208 g/mol. The van der Waals surface area contributed by atoms with Crippen LogP contribution in [0.25, 0.3) is 0 Å². The van der Waals surface area contributed by atoms with E-state index in [1.807, 2.05) is 19.1 Å². The second kappa shape index (κ2) is 5.48. The Morgan fingerprint density at radius 1 is 1.18 bits per heavy atom. The number of hydrogen-bond acceptors (Lipinski definition) is 1. The van der Waals surface area contributed by atoms with Gasteiger partial charge in [0, 0.05) is 11.5 Å². The number of carbonyl (C=O) groups excluding carboxylic acids is 1. The first kappa shape index (κ1) is 14.0. The lowest BCUT2D eigenvalue weighted by atomic mass is 9.85. The largest absolute Gasteiger partial charge is 0.294 e. The third-order valence-electron chi connectivity index (χ3n) is 3.20. The molecule has 0 spiro atoms. The van der Waals surface area contributed by atoms with E-state index in [-0.39, 0.29) is 17.1 Å². The van der Waals surface area contributed by atoms with Crippen molar-refractivity contribution in [3.63, 3.8) is 0 Å². The van der Waals surface area contributed by atoms with E-state index in [4.69, 9.17) is 0 Å². The van der Waals surface area contributed by atoms with E-state index in [2.05, 4.69) is 39.8 Å². The van der Waals surface area contributed by atoms with Crippen LogP contribution >= 0.6 is 0 Å². The summed E-state index contributed by atoms with van der Waals surface area (Å²) in [6.07, 6.45) is 2.03. The van der Waals surface area contributed by atoms with Gasteiger partial charge in [-0.05, 0) is 17.4 Å². The summed E-state index contributed by atoms with van der Waals surface area (Å²) in [5, 5.41) is 0. The molecule has 0 heterocycles. The van der Waals surface area contributed by atoms with Crippen molar-refractivity contribution in [1.29, 1.82) is 0 Å². The van der Waals surface area contributed by atoms with Gasteiger partial charge in [-0.25, -0.2) is 0 Å². The summed E-state index contributed by atoms with van der Waals surface area (Å²) in [7, 11) is 0. The molecular formula is C16H24O. The lowest BCUT2D eigenvalue weighted by Crippen LogP contribution is -2.13. The zero-order chi connectivity index (χ0) is 13.1. The molecule has 0 radical (unpaired) electrons. The van der Waals surface area contributed by atoms with Crippen LogP contribution in [0.2, 0.25) is 0 Å². The van der Waals surface area contributed by atoms with Crippen molar-refractivity contribution in [1.82, 2.24) is 0 Å². The highest BCUT2D eigenvalue weighted by Crippen LogP contribution is 2.23. The van der Waals surface area contributed by atoms with Crippen LogP contribution in [0.3, 0.4) is 0 Å². The zero-order valence-corrected chi connectivity index (χ0v) is 11.7. The average molecular weight is 232 g/mol. The van der Waals surface area contributed by atoms with Crippen LogP contribution in [0.4, 0.5) is 0 Å². The Morgan fingerprint density at radius 2 is 1.71 bits per heavy atom. The second-order valence-electron chi connectivity index (χ2n) is 5.88. The Bertz CT molecular complexity index is 368. The quantitative estimate of drug-likeness (QED) is 0.693. The molecule has 1 aromatic carbocycles. The summed E-state index contributed by atoms with van der Waals surface area (Å²) in [5.41, 5.74) is 2.27. The minimum absolute atomic E-state index is 0.139. The smallest absolute Gasteiger partial charge is 0.165 e. The molecule has 1 heteroatoms. The molecule has 94 valence electrons. The Morgan fingerprint density at radius 3 is 2.12 bits per heavy atom. The number of ketones is 1. The maximum Gasteiger partial charge on any atom is 0.165 e. The summed E-state index contributed by atoms with van der Waals surface area (Å²) < 4.78 is 0. The highest BCUT2D eigenvalue weighted by Gasteiger charge is 2.16. The third-order valence-corrected chi connectivity index (χ3v) is 3.20. The molecule has 0 aliphatic heterocycles. The summed E-state index contributed by atoms with van der Waals surface area (Å²) >= 11 is 0. The lowest BCUT2D eigenvalue weighted by Gasteiger charge is -2.19. The molecule has 17 heavy (non-hydrogen) atoms. The average Bonchev–Trinajstić information content (AvgIpc) is 2.27. The molecule has 0 aliphatic rings. The van der Waals surface area contributed by atoms with Gasteiger partial charge in [-0.3, -0.25) is 4.79 Å². The van der Waals surface area contributed by atoms with Crippen LogP contribution in [-0.2, 0) is 5.41 Å². The molecule has 0 saturated heterocycles. The molecule has 0 saturated carbocycles. The van der Waals surface area contributed by atoms with E-state index in [0.29, 0.717) is 0 Å². The van der Waals surface area contributed by atoms with Gasteiger partial charge in [0.25, 0.3) is 0 Å². The van der Waals surface area contributed by atoms with Crippen molar-refractivity contribution in [2.24, 2.45) is 5.92 Å². The van der Waals surface area contributed by atoms with Crippen molar-refractivity contribution in [3.8, 4) is 0 Å². The summed E-state index contributed by atoms with van der Waals surface area (Å²) in [4.78, 5) is 12.1. The van der Waals surface area contributed by atoms with Crippen LogP contribution in [0, 0.1) is 5.92 Å². The normalized spacial score (nSPS) is 13.5. The van der Waals surface area contributed by atoms with Gasteiger partial charge < -0.3 is 0 Å². The maximum absolute atomic E-state index is 12.1. The minimum Gasteiger partial charge on any atom is -0.294 e. The third kappa shape index (κ3) is 3.69. The predicted octanol–water partition coefficient (Wildman–Crippen LogP) is 4.60. The highest BCUT2D eigenvalue weighted by atomic mass is 16.1. The first-order chi connectivity index (χ1) is 7.86. The van der Waals surface area contributed by atoms with Crippen LogP contribution in [0.1, 0.15) is 63.4 Å². The van der Waals surface area contributed by atoms with Gasteiger partial charge in [-0.2, -0.15) is 0 Å². The predicted molar refractivity (Wildman–Crippen MR) is 73.5 cm³/mol. The van der Waals surface area contributed by atoms with Crippen LogP contribution in [0.5, 0.6) is 0 Å². The zero-order valence-electron chi connectivity index (χ0n) is 11.7. The molecule has 1 nitrogen and oxygen atoms in total. The van der Waals surface area contributed by atoms with E-state index < -0.39 is 0 Å². The van der Waals surface area contributed by atoms with Crippen LogP contribution < -0.4 is 0 Å². The van der Waals surface area contributed by atoms with Gasteiger partial charge >= 0.3 is 0 Å². The standard InChI is InChI=1S/C16H24O/c1-6-7-12(2)15(17)13-8-10-14(11-9-13)16(3,4)5/h8-12H,6-7H2,1-5H3. The van der Waals surface area contributed by atoms with Crippen molar-refractivity contribution in [2.45, 2.75) is 52.9 Å². The van der Waals surface area contributed by atoms with Gasteiger partial charge in [0.15, 0.2) is 5.78 Å². The lowest BCUT2D eigenvalue weighted by molar-refractivity contribution is 0.0923. The van der Waals surface area contributed by atoms with Crippen molar-refractivity contribution < 1.29 is 4.79 Å². The fraction of sp³-hybridized carbons (Fsp3) is 0.562. The fourth-order valence-corrected chi connectivity index (χ4v) is 1.98. The molecule has 1 aromatic rings. The molecule has 1 rings (SSSR count). The highest BCUT2D eigenvalue weighted by molar-refractivity contribution is 5.97. The number of rotatable bonds is 4. The Balaban J connectivity index is 2.84. The topological polar surface area (TPSA) is 17.1 Å². The Kier molecular flexibility index (Phi) is 4.50. The van der Waals surface area contributed by atoms with Gasteiger partial charge in [0.1, 0.15) is 0 Å². The number of benzene rings is 1. The minimum atomic E-state index is 0.139. The van der Waals surface area contributed by atoms with Crippen molar-refractivity contribution >= 4 is 5.78 Å². The molecule has 0 aliphatic carbocycles. The Labute approximate surface area is 105 Å². The molecule has 1 atom stereocenters. The maximum atomic E-state index is 12.1. The molecule has 0 N–H and O–H groups in total. The van der Waals surface area contributed by atoms with Gasteiger partial charge in [0.2, 0.25) is 0 Å². The molecule has 0 amide bonds. The van der Waals surface area contributed by atoms with E-state index >= 15 is 0 Å². The molecule has 0 bridgehead atoms. The summed E-state index contributed by atoms with van der Waals surface area (Å²) in [6, 6.07) is 8.09. The number of carbonyl (C=O) groups is 1. The van der Waals surface area contributed by atoms with Crippen LogP contribution in [-0.4, -0.2) is 5.78 Å². The second-order valence-corrected chi connectivity index (χ2v) is 5.88. The van der Waals surface area contributed by atoms with Crippen molar-refractivity contribution in [2.75, 3.05) is 0 Å². The van der Waals surface area contributed by atoms with E-state index in [1.54, 1.807) is 0 Å². The molecule has 1 unspecified atom stereocenters.